The highest BCUT2D eigenvalue weighted by molar-refractivity contribution is 5.01. The molecule has 1 saturated carbocycles. The van der Waals surface area contributed by atoms with Crippen LogP contribution in [0.3, 0.4) is 0 Å². The standard InChI is InChI=1S/C15H28N2O/c1-3-17(14-5-4-8-15(14,2)18)13-9-11-6-7-12(10-13)16-11/h11-14,16,18H,3-10H2,1-2H3. The maximum atomic E-state index is 10.6. The summed E-state index contributed by atoms with van der Waals surface area (Å²) in [7, 11) is 0. The first-order chi connectivity index (χ1) is 8.60. The molecule has 2 bridgehead atoms. The van der Waals surface area contributed by atoms with Crippen LogP contribution in [-0.4, -0.2) is 46.3 Å². The summed E-state index contributed by atoms with van der Waals surface area (Å²) in [6.07, 6.45) is 8.64. The largest absolute Gasteiger partial charge is 0.389 e. The molecule has 4 atom stereocenters. The van der Waals surface area contributed by atoms with E-state index in [0.717, 1.165) is 25.0 Å². The molecule has 4 unspecified atom stereocenters. The monoisotopic (exact) mass is 252 g/mol. The Morgan fingerprint density at radius 3 is 2.39 bits per heavy atom. The summed E-state index contributed by atoms with van der Waals surface area (Å²) in [5, 5.41) is 14.3. The molecule has 0 radical (unpaired) electrons. The second kappa shape index (κ2) is 4.77. The van der Waals surface area contributed by atoms with E-state index >= 15 is 0 Å². The van der Waals surface area contributed by atoms with Crippen LogP contribution in [0.15, 0.2) is 0 Å². The van der Waals surface area contributed by atoms with E-state index in [1.165, 1.54) is 38.5 Å². The van der Waals surface area contributed by atoms with Crippen molar-refractivity contribution in [3.05, 3.63) is 0 Å². The molecule has 3 aliphatic rings. The van der Waals surface area contributed by atoms with Gasteiger partial charge in [0.25, 0.3) is 0 Å². The predicted molar refractivity (Wildman–Crippen MR) is 73.6 cm³/mol. The zero-order chi connectivity index (χ0) is 12.8. The van der Waals surface area contributed by atoms with Crippen LogP contribution in [0.2, 0.25) is 0 Å². The highest BCUT2D eigenvalue weighted by atomic mass is 16.3. The lowest BCUT2D eigenvalue weighted by molar-refractivity contribution is -0.0347. The van der Waals surface area contributed by atoms with Crippen molar-refractivity contribution in [3.8, 4) is 0 Å². The molecule has 0 aromatic carbocycles. The molecular weight excluding hydrogens is 224 g/mol. The van der Waals surface area contributed by atoms with Gasteiger partial charge in [0.1, 0.15) is 0 Å². The Morgan fingerprint density at radius 1 is 1.22 bits per heavy atom. The summed E-state index contributed by atoms with van der Waals surface area (Å²) in [4.78, 5) is 2.62. The summed E-state index contributed by atoms with van der Waals surface area (Å²) in [5.41, 5.74) is -0.458. The van der Waals surface area contributed by atoms with Crippen molar-refractivity contribution >= 4 is 0 Å². The summed E-state index contributed by atoms with van der Waals surface area (Å²) in [5.74, 6) is 0. The van der Waals surface area contributed by atoms with E-state index in [4.69, 9.17) is 0 Å². The number of nitrogens with one attached hydrogen (secondary N) is 1. The van der Waals surface area contributed by atoms with Crippen molar-refractivity contribution < 1.29 is 5.11 Å². The molecule has 104 valence electrons. The van der Waals surface area contributed by atoms with E-state index in [-0.39, 0.29) is 0 Å². The van der Waals surface area contributed by atoms with Gasteiger partial charge in [-0.15, -0.1) is 0 Å². The molecule has 0 aromatic rings. The van der Waals surface area contributed by atoms with Gasteiger partial charge < -0.3 is 10.4 Å². The predicted octanol–water partition coefficient (Wildman–Crippen LogP) is 1.89. The molecule has 0 aromatic heterocycles. The van der Waals surface area contributed by atoms with E-state index < -0.39 is 5.60 Å². The maximum absolute atomic E-state index is 10.6. The second-order valence-electron chi connectivity index (χ2n) is 6.86. The second-order valence-corrected chi connectivity index (χ2v) is 6.86. The molecule has 2 N–H and O–H groups in total. The first kappa shape index (κ1) is 12.9. The average Bonchev–Trinajstić information content (AvgIpc) is 2.84. The smallest absolute Gasteiger partial charge is 0.0774 e. The Labute approximate surface area is 111 Å². The molecule has 2 heterocycles. The summed E-state index contributed by atoms with van der Waals surface area (Å²) < 4.78 is 0. The zero-order valence-electron chi connectivity index (χ0n) is 11.9. The van der Waals surface area contributed by atoms with Crippen LogP contribution >= 0.6 is 0 Å². The number of hydrogen-bond donors (Lipinski definition) is 2. The van der Waals surface area contributed by atoms with Crippen LogP contribution < -0.4 is 5.32 Å². The Hall–Kier alpha value is -0.120. The Bertz CT molecular complexity index is 293. The van der Waals surface area contributed by atoms with Crippen LogP contribution in [-0.2, 0) is 0 Å². The van der Waals surface area contributed by atoms with Gasteiger partial charge in [0.15, 0.2) is 0 Å². The van der Waals surface area contributed by atoms with Crippen LogP contribution in [0, 0.1) is 0 Å². The zero-order valence-corrected chi connectivity index (χ0v) is 11.9. The van der Waals surface area contributed by atoms with E-state index in [1.54, 1.807) is 0 Å². The van der Waals surface area contributed by atoms with Gasteiger partial charge in [0.05, 0.1) is 5.60 Å². The number of piperidine rings is 1. The molecule has 0 amide bonds. The maximum Gasteiger partial charge on any atom is 0.0774 e. The lowest BCUT2D eigenvalue weighted by Gasteiger charge is -2.44. The highest BCUT2D eigenvalue weighted by Gasteiger charge is 2.44. The normalized spacial score (nSPS) is 48.0. The number of hydrogen-bond acceptors (Lipinski definition) is 3. The van der Waals surface area contributed by atoms with Gasteiger partial charge in [-0.2, -0.15) is 0 Å². The summed E-state index contributed by atoms with van der Waals surface area (Å²) in [6.45, 7) is 5.40. The van der Waals surface area contributed by atoms with Gasteiger partial charge in [-0.25, -0.2) is 0 Å². The number of rotatable bonds is 3. The molecule has 3 heteroatoms. The number of aliphatic hydroxyl groups is 1. The van der Waals surface area contributed by atoms with Gasteiger partial charge in [-0.3, -0.25) is 4.90 Å². The molecule has 18 heavy (non-hydrogen) atoms. The number of likely N-dealkylation sites (N-methyl/N-ethyl adjacent to an activating group) is 1. The first-order valence-electron chi connectivity index (χ1n) is 7.84. The molecule has 2 saturated heterocycles. The van der Waals surface area contributed by atoms with Crippen molar-refractivity contribution in [1.82, 2.24) is 10.2 Å². The first-order valence-corrected chi connectivity index (χ1v) is 7.84. The van der Waals surface area contributed by atoms with Gasteiger partial charge in [-0.1, -0.05) is 6.92 Å². The van der Waals surface area contributed by atoms with Crippen molar-refractivity contribution in [3.63, 3.8) is 0 Å². The molecule has 3 nitrogen and oxygen atoms in total. The fourth-order valence-corrected chi connectivity index (χ4v) is 4.69. The Kier molecular flexibility index (Phi) is 3.41. The Balaban J connectivity index is 1.72. The van der Waals surface area contributed by atoms with E-state index in [2.05, 4.69) is 17.1 Å². The SMILES string of the molecule is CCN(C1CC2CCC(C1)N2)C1CCCC1(C)O. The van der Waals surface area contributed by atoms with E-state index in [0.29, 0.717) is 12.1 Å². The van der Waals surface area contributed by atoms with Crippen molar-refractivity contribution in [2.24, 2.45) is 0 Å². The molecule has 0 spiro atoms. The molecular formula is C15H28N2O. The van der Waals surface area contributed by atoms with Crippen LogP contribution in [0.4, 0.5) is 0 Å². The lowest BCUT2D eigenvalue weighted by atomic mass is 9.92. The third-order valence-electron chi connectivity index (χ3n) is 5.56. The van der Waals surface area contributed by atoms with E-state index in [9.17, 15) is 5.11 Å². The topological polar surface area (TPSA) is 35.5 Å². The summed E-state index contributed by atoms with van der Waals surface area (Å²) >= 11 is 0. The minimum Gasteiger partial charge on any atom is -0.389 e. The van der Waals surface area contributed by atoms with Crippen LogP contribution in [0.25, 0.3) is 0 Å². The molecule has 1 aliphatic carbocycles. The van der Waals surface area contributed by atoms with Gasteiger partial charge in [0, 0.05) is 24.2 Å². The molecule has 2 aliphatic heterocycles. The van der Waals surface area contributed by atoms with Crippen molar-refractivity contribution in [2.45, 2.75) is 88.6 Å². The van der Waals surface area contributed by atoms with Gasteiger partial charge in [-0.05, 0) is 58.4 Å². The third kappa shape index (κ3) is 2.21. The Morgan fingerprint density at radius 2 is 1.89 bits per heavy atom. The summed E-state index contributed by atoms with van der Waals surface area (Å²) in [6, 6.07) is 2.58. The minimum absolute atomic E-state index is 0.394. The van der Waals surface area contributed by atoms with E-state index in [1.807, 2.05) is 6.92 Å². The van der Waals surface area contributed by atoms with Crippen LogP contribution in [0.1, 0.15) is 58.8 Å². The van der Waals surface area contributed by atoms with Crippen LogP contribution in [0.5, 0.6) is 0 Å². The van der Waals surface area contributed by atoms with Crippen molar-refractivity contribution in [2.75, 3.05) is 6.54 Å². The third-order valence-corrected chi connectivity index (χ3v) is 5.56. The average molecular weight is 252 g/mol. The number of nitrogens with zero attached hydrogens (tertiary/aromatic N) is 1. The van der Waals surface area contributed by atoms with Gasteiger partial charge >= 0.3 is 0 Å². The minimum atomic E-state index is -0.458. The highest BCUT2D eigenvalue weighted by Crippen LogP contribution is 2.38. The quantitative estimate of drug-likeness (QED) is 0.805. The van der Waals surface area contributed by atoms with Crippen molar-refractivity contribution in [1.29, 1.82) is 0 Å². The van der Waals surface area contributed by atoms with Gasteiger partial charge in [0.2, 0.25) is 0 Å². The molecule has 3 rings (SSSR count). The fourth-order valence-electron chi connectivity index (χ4n) is 4.69. The lowest BCUT2D eigenvalue weighted by Crippen LogP contribution is -2.56. The number of fused-ring (bicyclic) bond motifs is 2. The fraction of sp³-hybridized carbons (Fsp3) is 1.00. The molecule has 3 fully saturated rings.